The monoisotopic (exact) mass is 242 g/mol. The van der Waals surface area contributed by atoms with Crippen molar-refractivity contribution in [2.75, 3.05) is 13.1 Å². The van der Waals surface area contributed by atoms with Crippen molar-refractivity contribution in [2.24, 2.45) is 22.5 Å². The average molecular weight is 242 g/mol. The number of nitrogens with one attached hydrogen (secondary N) is 1. The highest BCUT2D eigenvalue weighted by molar-refractivity contribution is 5.82. The third kappa shape index (κ3) is 3.98. The van der Waals surface area contributed by atoms with Crippen LogP contribution in [0.3, 0.4) is 0 Å². The van der Waals surface area contributed by atoms with Crippen LogP contribution in [0.2, 0.25) is 0 Å². The zero-order valence-electron chi connectivity index (χ0n) is 12.4. The number of carbonyl (C=O) groups is 1. The molecule has 0 aromatic rings. The number of amides is 1. The van der Waals surface area contributed by atoms with Crippen LogP contribution in [-0.4, -0.2) is 19.0 Å². The standard InChI is InChI=1S/C14H30N2O/c1-7-14(8-2,9-15)12(17)16-10-13(5,6)11(3)4/h11H,7-10,15H2,1-6H3,(H,16,17). The van der Waals surface area contributed by atoms with Crippen LogP contribution in [0.5, 0.6) is 0 Å². The zero-order chi connectivity index (χ0) is 13.7. The number of hydrogen-bond donors (Lipinski definition) is 2. The fourth-order valence-electron chi connectivity index (χ4n) is 1.65. The third-order valence-corrected chi connectivity index (χ3v) is 4.49. The molecule has 0 aliphatic rings. The molecule has 0 saturated carbocycles. The number of hydrogen-bond acceptors (Lipinski definition) is 2. The van der Waals surface area contributed by atoms with Gasteiger partial charge in [-0.15, -0.1) is 0 Å². The Morgan fingerprint density at radius 3 is 2.00 bits per heavy atom. The summed E-state index contributed by atoms with van der Waals surface area (Å²) in [5.74, 6) is 0.650. The molecule has 0 fully saturated rings. The summed E-state index contributed by atoms with van der Waals surface area (Å²) in [6, 6.07) is 0. The molecule has 0 unspecified atom stereocenters. The van der Waals surface area contributed by atoms with Gasteiger partial charge in [0.25, 0.3) is 0 Å². The van der Waals surface area contributed by atoms with Crippen molar-refractivity contribution in [1.82, 2.24) is 5.32 Å². The minimum absolute atomic E-state index is 0.110. The van der Waals surface area contributed by atoms with E-state index in [-0.39, 0.29) is 16.7 Å². The van der Waals surface area contributed by atoms with E-state index in [1.807, 2.05) is 13.8 Å². The van der Waals surface area contributed by atoms with Crippen LogP contribution in [0.15, 0.2) is 0 Å². The van der Waals surface area contributed by atoms with Gasteiger partial charge in [-0.25, -0.2) is 0 Å². The van der Waals surface area contributed by atoms with E-state index < -0.39 is 0 Å². The van der Waals surface area contributed by atoms with Gasteiger partial charge in [0, 0.05) is 13.1 Å². The molecule has 0 radical (unpaired) electrons. The van der Waals surface area contributed by atoms with Gasteiger partial charge in [-0.2, -0.15) is 0 Å². The first kappa shape index (κ1) is 16.4. The second kappa shape index (κ2) is 6.39. The summed E-state index contributed by atoms with van der Waals surface area (Å²) >= 11 is 0. The fourth-order valence-corrected chi connectivity index (χ4v) is 1.65. The van der Waals surface area contributed by atoms with Crippen molar-refractivity contribution >= 4 is 5.91 Å². The Morgan fingerprint density at radius 2 is 1.71 bits per heavy atom. The van der Waals surface area contributed by atoms with Crippen LogP contribution >= 0.6 is 0 Å². The highest BCUT2D eigenvalue weighted by Gasteiger charge is 2.34. The Labute approximate surface area is 107 Å². The molecular formula is C14H30N2O. The normalized spacial score (nSPS) is 12.9. The molecule has 1 amide bonds. The van der Waals surface area contributed by atoms with Crippen LogP contribution in [0, 0.1) is 16.7 Å². The van der Waals surface area contributed by atoms with Crippen molar-refractivity contribution < 1.29 is 4.79 Å². The lowest BCUT2D eigenvalue weighted by molar-refractivity contribution is -0.131. The maximum Gasteiger partial charge on any atom is 0.227 e. The highest BCUT2D eigenvalue weighted by atomic mass is 16.2. The Kier molecular flexibility index (Phi) is 6.17. The smallest absolute Gasteiger partial charge is 0.227 e. The molecule has 102 valence electrons. The molecular weight excluding hydrogens is 212 g/mol. The summed E-state index contributed by atoms with van der Waals surface area (Å²) < 4.78 is 0. The van der Waals surface area contributed by atoms with E-state index in [4.69, 9.17) is 5.73 Å². The van der Waals surface area contributed by atoms with E-state index in [0.717, 1.165) is 12.8 Å². The Balaban J connectivity index is 4.54. The van der Waals surface area contributed by atoms with Crippen LogP contribution in [-0.2, 0) is 4.79 Å². The van der Waals surface area contributed by atoms with Gasteiger partial charge in [0.1, 0.15) is 0 Å². The minimum atomic E-state index is -0.382. The van der Waals surface area contributed by atoms with Gasteiger partial charge in [-0.05, 0) is 24.2 Å². The number of rotatable bonds is 7. The van der Waals surface area contributed by atoms with Crippen molar-refractivity contribution in [3.63, 3.8) is 0 Å². The van der Waals surface area contributed by atoms with Crippen molar-refractivity contribution in [3.05, 3.63) is 0 Å². The fraction of sp³-hybridized carbons (Fsp3) is 0.929. The summed E-state index contributed by atoms with van der Waals surface area (Å²) in [7, 11) is 0. The quantitative estimate of drug-likeness (QED) is 0.721. The molecule has 0 heterocycles. The largest absolute Gasteiger partial charge is 0.355 e. The third-order valence-electron chi connectivity index (χ3n) is 4.49. The molecule has 0 aliphatic heterocycles. The van der Waals surface area contributed by atoms with Gasteiger partial charge in [0.05, 0.1) is 5.41 Å². The van der Waals surface area contributed by atoms with Crippen LogP contribution in [0.1, 0.15) is 54.4 Å². The molecule has 0 aromatic heterocycles. The molecule has 0 saturated heterocycles. The minimum Gasteiger partial charge on any atom is -0.355 e. The topological polar surface area (TPSA) is 55.1 Å². The average Bonchev–Trinajstić information content (AvgIpc) is 2.29. The molecule has 0 aliphatic carbocycles. The molecule has 0 aromatic carbocycles. The summed E-state index contributed by atoms with van der Waals surface area (Å²) in [6.45, 7) is 13.9. The molecule has 0 bridgehead atoms. The second-order valence-electron chi connectivity index (χ2n) is 6.02. The predicted octanol–water partition coefficient (Wildman–Crippen LogP) is 2.55. The first-order chi connectivity index (χ1) is 7.75. The lowest BCUT2D eigenvalue weighted by Gasteiger charge is -2.33. The van der Waals surface area contributed by atoms with Crippen LogP contribution in [0.4, 0.5) is 0 Å². The van der Waals surface area contributed by atoms with E-state index in [9.17, 15) is 4.79 Å². The van der Waals surface area contributed by atoms with Gasteiger partial charge in [0.2, 0.25) is 5.91 Å². The van der Waals surface area contributed by atoms with Crippen molar-refractivity contribution in [3.8, 4) is 0 Å². The van der Waals surface area contributed by atoms with E-state index >= 15 is 0 Å². The molecule has 17 heavy (non-hydrogen) atoms. The molecule has 0 rings (SSSR count). The lowest BCUT2D eigenvalue weighted by Crippen LogP contribution is -2.48. The highest BCUT2D eigenvalue weighted by Crippen LogP contribution is 2.28. The Hall–Kier alpha value is -0.570. The Morgan fingerprint density at radius 1 is 1.24 bits per heavy atom. The molecule has 3 N–H and O–H groups in total. The van der Waals surface area contributed by atoms with Gasteiger partial charge in [-0.3, -0.25) is 4.79 Å². The molecule has 0 spiro atoms. The summed E-state index contributed by atoms with van der Waals surface area (Å²) in [4.78, 5) is 12.2. The second-order valence-corrected chi connectivity index (χ2v) is 6.02. The predicted molar refractivity (Wildman–Crippen MR) is 73.7 cm³/mol. The van der Waals surface area contributed by atoms with Crippen molar-refractivity contribution in [1.29, 1.82) is 0 Å². The first-order valence-corrected chi connectivity index (χ1v) is 6.74. The van der Waals surface area contributed by atoms with Gasteiger partial charge in [0.15, 0.2) is 0 Å². The van der Waals surface area contributed by atoms with Crippen molar-refractivity contribution in [2.45, 2.75) is 54.4 Å². The van der Waals surface area contributed by atoms with E-state index in [2.05, 4.69) is 33.0 Å². The van der Waals surface area contributed by atoms with Crippen LogP contribution < -0.4 is 11.1 Å². The SMILES string of the molecule is CCC(CC)(CN)C(=O)NCC(C)(C)C(C)C. The zero-order valence-corrected chi connectivity index (χ0v) is 12.4. The summed E-state index contributed by atoms with van der Waals surface area (Å²) in [5, 5.41) is 3.08. The van der Waals surface area contributed by atoms with E-state index in [1.165, 1.54) is 0 Å². The van der Waals surface area contributed by atoms with E-state index in [0.29, 0.717) is 19.0 Å². The number of nitrogens with two attached hydrogens (primary N) is 1. The van der Waals surface area contributed by atoms with E-state index in [1.54, 1.807) is 0 Å². The van der Waals surface area contributed by atoms with Gasteiger partial charge < -0.3 is 11.1 Å². The van der Waals surface area contributed by atoms with Gasteiger partial charge in [-0.1, -0.05) is 41.5 Å². The molecule has 0 atom stereocenters. The summed E-state index contributed by atoms with van der Waals surface area (Å²) in [6.07, 6.45) is 1.60. The lowest BCUT2D eigenvalue weighted by atomic mass is 9.79. The maximum atomic E-state index is 12.2. The molecule has 3 nitrogen and oxygen atoms in total. The summed E-state index contributed by atoms with van der Waals surface area (Å²) in [5.41, 5.74) is 5.51. The van der Waals surface area contributed by atoms with Crippen LogP contribution in [0.25, 0.3) is 0 Å². The molecule has 3 heteroatoms. The maximum absolute atomic E-state index is 12.2. The Bertz CT molecular complexity index is 234. The van der Waals surface area contributed by atoms with Gasteiger partial charge >= 0.3 is 0 Å². The first-order valence-electron chi connectivity index (χ1n) is 6.74. The number of carbonyl (C=O) groups excluding carboxylic acids is 1.